The van der Waals surface area contributed by atoms with E-state index in [2.05, 4.69) is 51.9 Å². The topological polar surface area (TPSA) is 37.8 Å². The molecule has 0 fully saturated rings. The first-order valence-corrected chi connectivity index (χ1v) is 7.75. The Labute approximate surface area is 127 Å². The molecule has 1 heterocycles. The van der Waals surface area contributed by atoms with Crippen LogP contribution < -0.4 is 5.56 Å². The van der Waals surface area contributed by atoms with Crippen LogP contribution >= 0.6 is 0 Å². The summed E-state index contributed by atoms with van der Waals surface area (Å²) in [6.07, 6.45) is 2.09. The zero-order chi connectivity index (χ0) is 15.6. The predicted molar refractivity (Wildman–Crippen MR) is 88.8 cm³/mol. The number of nitrogens with zero attached hydrogens (tertiary/aromatic N) is 1. The molecule has 0 amide bonds. The van der Waals surface area contributed by atoms with Crippen molar-refractivity contribution < 1.29 is 0 Å². The molecular weight excluding hydrogens is 260 g/mol. The molecule has 114 valence electrons. The highest BCUT2D eigenvalue weighted by atomic mass is 16.1. The Kier molecular flexibility index (Phi) is 4.40. The van der Waals surface area contributed by atoms with Crippen LogP contribution in [0.2, 0.25) is 0 Å². The second kappa shape index (κ2) is 5.92. The van der Waals surface area contributed by atoms with Crippen LogP contribution in [0.5, 0.6) is 0 Å². The molecule has 0 saturated heterocycles. The first-order chi connectivity index (χ1) is 9.86. The normalized spacial score (nSPS) is 11.9. The molecule has 0 aliphatic rings. The van der Waals surface area contributed by atoms with Gasteiger partial charge in [-0.3, -0.25) is 14.6 Å². The van der Waals surface area contributed by atoms with Crippen molar-refractivity contribution in [3.8, 4) is 11.3 Å². The first-order valence-electron chi connectivity index (χ1n) is 7.75. The van der Waals surface area contributed by atoms with E-state index < -0.39 is 0 Å². The van der Waals surface area contributed by atoms with Gasteiger partial charge in [0, 0.05) is 17.7 Å². The Morgan fingerprint density at radius 2 is 1.86 bits per heavy atom. The number of unbranched alkanes of at least 4 members (excludes halogenated alkanes) is 1. The van der Waals surface area contributed by atoms with Crippen LogP contribution in [-0.2, 0) is 12.0 Å². The van der Waals surface area contributed by atoms with Gasteiger partial charge in [-0.25, -0.2) is 0 Å². The van der Waals surface area contributed by atoms with E-state index in [-0.39, 0.29) is 11.0 Å². The lowest BCUT2D eigenvalue weighted by Gasteiger charge is -2.18. The molecule has 3 heteroatoms. The van der Waals surface area contributed by atoms with Gasteiger partial charge in [0.15, 0.2) is 0 Å². The summed E-state index contributed by atoms with van der Waals surface area (Å²) in [6, 6.07) is 8.22. The summed E-state index contributed by atoms with van der Waals surface area (Å²) >= 11 is 0. The van der Waals surface area contributed by atoms with Crippen molar-refractivity contribution >= 4 is 0 Å². The van der Waals surface area contributed by atoms with Gasteiger partial charge in [-0.15, -0.1) is 0 Å². The van der Waals surface area contributed by atoms with E-state index in [9.17, 15) is 4.79 Å². The van der Waals surface area contributed by atoms with E-state index in [4.69, 9.17) is 0 Å². The zero-order valence-corrected chi connectivity index (χ0v) is 13.8. The SMILES string of the molecule is CCCCn1[nH]c(-c2ccccc2C)c(C(C)(C)C)c1=O. The Morgan fingerprint density at radius 3 is 2.43 bits per heavy atom. The van der Waals surface area contributed by atoms with Gasteiger partial charge in [0.05, 0.1) is 5.69 Å². The fourth-order valence-electron chi connectivity index (χ4n) is 2.70. The minimum absolute atomic E-state index is 0.120. The van der Waals surface area contributed by atoms with Crippen molar-refractivity contribution in [1.29, 1.82) is 0 Å². The summed E-state index contributed by atoms with van der Waals surface area (Å²) in [5.41, 5.74) is 4.10. The van der Waals surface area contributed by atoms with E-state index >= 15 is 0 Å². The third-order valence-electron chi connectivity index (χ3n) is 3.86. The molecule has 0 saturated carbocycles. The quantitative estimate of drug-likeness (QED) is 0.896. The number of H-pyrrole nitrogens is 1. The Hall–Kier alpha value is -1.77. The number of rotatable bonds is 4. The molecule has 21 heavy (non-hydrogen) atoms. The maximum absolute atomic E-state index is 12.8. The highest BCUT2D eigenvalue weighted by molar-refractivity contribution is 5.67. The van der Waals surface area contributed by atoms with Crippen LogP contribution in [0.4, 0.5) is 0 Å². The molecule has 1 N–H and O–H groups in total. The summed E-state index contributed by atoms with van der Waals surface area (Å²) in [5.74, 6) is 0. The summed E-state index contributed by atoms with van der Waals surface area (Å²) in [5, 5.41) is 3.35. The molecule has 1 aromatic carbocycles. The highest BCUT2D eigenvalue weighted by Crippen LogP contribution is 2.31. The second-order valence-corrected chi connectivity index (χ2v) is 6.74. The molecule has 0 spiro atoms. The number of hydrogen-bond donors (Lipinski definition) is 1. The average Bonchev–Trinajstić information content (AvgIpc) is 2.73. The maximum atomic E-state index is 12.8. The van der Waals surface area contributed by atoms with Gasteiger partial charge in [0.2, 0.25) is 0 Å². The van der Waals surface area contributed by atoms with E-state index in [1.807, 2.05) is 12.1 Å². The van der Waals surface area contributed by atoms with Crippen LogP contribution in [0.1, 0.15) is 51.7 Å². The molecule has 0 bridgehead atoms. The van der Waals surface area contributed by atoms with Crippen LogP contribution in [0.25, 0.3) is 11.3 Å². The number of nitrogens with one attached hydrogen (secondary N) is 1. The smallest absolute Gasteiger partial charge is 0.270 e. The van der Waals surface area contributed by atoms with Crippen molar-refractivity contribution in [2.24, 2.45) is 0 Å². The van der Waals surface area contributed by atoms with Crippen molar-refractivity contribution in [3.05, 3.63) is 45.7 Å². The summed E-state index contributed by atoms with van der Waals surface area (Å²) < 4.78 is 1.77. The predicted octanol–water partition coefficient (Wildman–Crippen LogP) is 4.25. The summed E-state index contributed by atoms with van der Waals surface area (Å²) in [7, 11) is 0. The molecule has 2 aromatic rings. The fourth-order valence-corrected chi connectivity index (χ4v) is 2.70. The first kappa shape index (κ1) is 15.6. The van der Waals surface area contributed by atoms with Crippen molar-refractivity contribution in [3.63, 3.8) is 0 Å². The number of aromatic nitrogens is 2. The molecule has 0 aliphatic heterocycles. The Balaban J connectivity index is 2.65. The molecular formula is C18H26N2O. The van der Waals surface area contributed by atoms with Gasteiger partial charge in [-0.1, -0.05) is 58.4 Å². The van der Waals surface area contributed by atoms with Crippen LogP contribution in [-0.4, -0.2) is 9.78 Å². The third kappa shape index (κ3) is 3.12. The number of aryl methyl sites for hydroxylation is 2. The molecule has 3 nitrogen and oxygen atoms in total. The van der Waals surface area contributed by atoms with Crippen LogP contribution in [0.15, 0.2) is 29.1 Å². The number of hydrogen-bond acceptors (Lipinski definition) is 1. The lowest BCUT2D eigenvalue weighted by molar-refractivity contribution is 0.544. The van der Waals surface area contributed by atoms with E-state index in [0.717, 1.165) is 36.2 Å². The van der Waals surface area contributed by atoms with Gasteiger partial charge in [0.1, 0.15) is 0 Å². The largest absolute Gasteiger partial charge is 0.295 e. The zero-order valence-electron chi connectivity index (χ0n) is 13.8. The van der Waals surface area contributed by atoms with Crippen molar-refractivity contribution in [2.45, 2.75) is 59.4 Å². The standard InChI is InChI=1S/C18H26N2O/c1-6-7-12-20-17(21)15(18(3,4)5)16(19-20)14-11-9-8-10-13(14)2/h8-11,19H,6-7,12H2,1-5H3. The van der Waals surface area contributed by atoms with Gasteiger partial charge in [0.25, 0.3) is 5.56 Å². The fraction of sp³-hybridized carbons (Fsp3) is 0.500. The third-order valence-corrected chi connectivity index (χ3v) is 3.86. The number of benzene rings is 1. The van der Waals surface area contributed by atoms with E-state index in [1.165, 1.54) is 5.56 Å². The van der Waals surface area contributed by atoms with Gasteiger partial charge < -0.3 is 0 Å². The minimum Gasteiger partial charge on any atom is -0.295 e. The number of aromatic amines is 1. The monoisotopic (exact) mass is 286 g/mol. The molecule has 0 atom stereocenters. The molecule has 0 unspecified atom stereocenters. The van der Waals surface area contributed by atoms with Crippen LogP contribution in [0.3, 0.4) is 0 Å². The summed E-state index contributed by atoms with van der Waals surface area (Å²) in [4.78, 5) is 12.8. The average molecular weight is 286 g/mol. The van der Waals surface area contributed by atoms with Gasteiger partial charge >= 0.3 is 0 Å². The second-order valence-electron chi connectivity index (χ2n) is 6.74. The van der Waals surface area contributed by atoms with Crippen molar-refractivity contribution in [2.75, 3.05) is 0 Å². The Morgan fingerprint density at radius 1 is 1.19 bits per heavy atom. The van der Waals surface area contributed by atoms with Gasteiger partial charge in [-0.05, 0) is 24.3 Å². The minimum atomic E-state index is -0.178. The summed E-state index contributed by atoms with van der Waals surface area (Å²) in [6.45, 7) is 11.3. The molecule has 1 aromatic heterocycles. The Bertz CT molecular complexity index is 671. The maximum Gasteiger partial charge on any atom is 0.270 e. The molecule has 0 aliphatic carbocycles. The highest BCUT2D eigenvalue weighted by Gasteiger charge is 2.26. The van der Waals surface area contributed by atoms with Crippen LogP contribution in [0, 0.1) is 6.92 Å². The van der Waals surface area contributed by atoms with E-state index in [0.29, 0.717) is 0 Å². The molecule has 0 radical (unpaired) electrons. The van der Waals surface area contributed by atoms with Gasteiger partial charge in [-0.2, -0.15) is 0 Å². The lowest BCUT2D eigenvalue weighted by Crippen LogP contribution is -2.26. The van der Waals surface area contributed by atoms with E-state index in [1.54, 1.807) is 4.68 Å². The van der Waals surface area contributed by atoms with Crippen molar-refractivity contribution in [1.82, 2.24) is 9.78 Å². The molecule has 2 rings (SSSR count). The lowest BCUT2D eigenvalue weighted by atomic mass is 9.85.